The fourth-order valence-corrected chi connectivity index (χ4v) is 2.97. The summed E-state index contributed by atoms with van der Waals surface area (Å²) in [6.45, 7) is 2.75. The van der Waals surface area contributed by atoms with Gasteiger partial charge in [0.05, 0.1) is 16.7 Å². The van der Waals surface area contributed by atoms with Gasteiger partial charge in [0.1, 0.15) is 12.4 Å². The molecule has 2 rings (SSSR count). The Morgan fingerprint density at radius 3 is 2.88 bits per heavy atom. The van der Waals surface area contributed by atoms with Gasteiger partial charge in [0, 0.05) is 10.9 Å². The highest BCUT2D eigenvalue weighted by Crippen LogP contribution is 2.31. The van der Waals surface area contributed by atoms with Gasteiger partial charge in [-0.25, -0.2) is 0 Å². The summed E-state index contributed by atoms with van der Waals surface area (Å²) in [5.74, 6) is 0.924. The molecule has 0 aliphatic carbocycles. The number of rotatable bonds is 4. The van der Waals surface area contributed by atoms with Gasteiger partial charge >= 0.3 is 0 Å². The third kappa shape index (κ3) is 3.46. The molecule has 17 heavy (non-hydrogen) atoms. The smallest absolute Gasteiger partial charge is 0.137 e. The summed E-state index contributed by atoms with van der Waals surface area (Å²) in [5.41, 5.74) is 1.16. The van der Waals surface area contributed by atoms with Crippen LogP contribution in [-0.2, 0) is 10.1 Å². The van der Waals surface area contributed by atoms with Crippen LogP contribution in [0.2, 0.25) is 0 Å². The summed E-state index contributed by atoms with van der Waals surface area (Å²) in [4.78, 5) is 0. The second-order valence-electron chi connectivity index (χ2n) is 4.32. The van der Waals surface area contributed by atoms with Crippen molar-refractivity contribution in [3.8, 4) is 5.75 Å². The summed E-state index contributed by atoms with van der Waals surface area (Å²) in [6.07, 6.45) is 2.84. The van der Waals surface area contributed by atoms with E-state index in [2.05, 4.69) is 44.8 Å². The Balaban J connectivity index is 1.98. The maximum Gasteiger partial charge on any atom is 0.137 e. The van der Waals surface area contributed by atoms with Gasteiger partial charge in [-0.05, 0) is 41.8 Å². The van der Waals surface area contributed by atoms with Gasteiger partial charge in [-0.3, -0.25) is 0 Å². The zero-order valence-corrected chi connectivity index (χ0v) is 13.0. The minimum atomic E-state index is 0.236. The van der Waals surface area contributed by atoms with Gasteiger partial charge in [-0.2, -0.15) is 0 Å². The molecule has 0 aromatic heterocycles. The molecule has 0 spiro atoms. The Labute approximate surface area is 119 Å². The second kappa shape index (κ2) is 6.21. The summed E-state index contributed by atoms with van der Waals surface area (Å²) in [6, 6.07) is 6.08. The number of hydrogen-bond donors (Lipinski definition) is 0. The minimum absolute atomic E-state index is 0.236. The molecule has 0 N–H and O–H groups in total. The van der Waals surface area contributed by atoms with Crippen LogP contribution in [0.25, 0.3) is 0 Å². The summed E-state index contributed by atoms with van der Waals surface area (Å²) in [5, 5.41) is 0.795. The molecule has 0 radical (unpaired) electrons. The van der Waals surface area contributed by atoms with Crippen molar-refractivity contribution in [1.29, 1.82) is 0 Å². The molecule has 0 amide bonds. The van der Waals surface area contributed by atoms with E-state index in [4.69, 9.17) is 9.47 Å². The summed E-state index contributed by atoms with van der Waals surface area (Å²) >= 11 is 7.00. The molecule has 2 atom stereocenters. The molecule has 2 nitrogen and oxygen atoms in total. The molecular weight excluding hydrogens is 348 g/mol. The molecular formula is C13H16Br2O2. The fraction of sp³-hybridized carbons (Fsp3) is 0.538. The van der Waals surface area contributed by atoms with Crippen molar-refractivity contribution in [3.63, 3.8) is 0 Å². The van der Waals surface area contributed by atoms with Crippen LogP contribution in [-0.4, -0.2) is 18.8 Å². The lowest BCUT2D eigenvalue weighted by atomic mass is 10.2. The molecule has 1 fully saturated rings. The monoisotopic (exact) mass is 362 g/mol. The Morgan fingerprint density at radius 1 is 1.41 bits per heavy atom. The number of benzene rings is 1. The number of alkyl halides is 1. The maximum atomic E-state index is 5.89. The topological polar surface area (TPSA) is 18.5 Å². The molecule has 0 bridgehead atoms. The maximum absolute atomic E-state index is 5.89. The van der Waals surface area contributed by atoms with Crippen LogP contribution >= 0.6 is 31.9 Å². The van der Waals surface area contributed by atoms with E-state index in [0.29, 0.717) is 12.7 Å². The number of para-hydroxylation sites is 1. The lowest BCUT2D eigenvalue weighted by molar-refractivity contribution is 0.0261. The van der Waals surface area contributed by atoms with Gasteiger partial charge in [0.2, 0.25) is 0 Å². The molecule has 0 saturated carbocycles. The Bertz CT molecular complexity index is 382. The van der Waals surface area contributed by atoms with Gasteiger partial charge in [-0.15, -0.1) is 0 Å². The van der Waals surface area contributed by atoms with Gasteiger partial charge in [-0.1, -0.05) is 28.1 Å². The Morgan fingerprint density at radius 2 is 2.24 bits per heavy atom. The molecule has 1 saturated heterocycles. The predicted octanol–water partition coefficient (Wildman–Crippen LogP) is 4.29. The van der Waals surface area contributed by atoms with Crippen molar-refractivity contribution in [2.75, 3.05) is 6.61 Å². The Hall–Kier alpha value is -0.0600. The van der Waals surface area contributed by atoms with Gasteiger partial charge < -0.3 is 9.47 Å². The first kappa shape index (κ1) is 13.4. The van der Waals surface area contributed by atoms with E-state index in [9.17, 15) is 0 Å². The van der Waals surface area contributed by atoms with Crippen molar-refractivity contribution in [1.82, 2.24) is 0 Å². The van der Waals surface area contributed by atoms with Crippen LogP contribution in [0.15, 0.2) is 22.7 Å². The van der Waals surface area contributed by atoms with E-state index in [0.717, 1.165) is 34.0 Å². The van der Waals surface area contributed by atoms with Crippen LogP contribution in [0.4, 0.5) is 0 Å². The van der Waals surface area contributed by atoms with E-state index in [1.807, 2.05) is 12.1 Å². The van der Waals surface area contributed by atoms with E-state index in [-0.39, 0.29) is 6.10 Å². The van der Waals surface area contributed by atoms with Crippen LogP contribution in [0.1, 0.15) is 25.3 Å². The molecule has 1 aliphatic rings. The van der Waals surface area contributed by atoms with Crippen molar-refractivity contribution in [3.05, 3.63) is 28.2 Å². The van der Waals surface area contributed by atoms with E-state index in [1.165, 1.54) is 0 Å². The van der Waals surface area contributed by atoms with Crippen LogP contribution in [0, 0.1) is 0 Å². The van der Waals surface area contributed by atoms with Crippen molar-refractivity contribution in [2.45, 2.75) is 37.3 Å². The van der Waals surface area contributed by atoms with Crippen LogP contribution < -0.4 is 4.74 Å². The average molecular weight is 364 g/mol. The summed E-state index contributed by atoms with van der Waals surface area (Å²) < 4.78 is 12.6. The zero-order valence-electron chi connectivity index (χ0n) is 9.79. The Kier molecular flexibility index (Phi) is 4.88. The lowest BCUT2D eigenvalue weighted by Gasteiger charge is -2.15. The van der Waals surface area contributed by atoms with Crippen molar-refractivity contribution in [2.24, 2.45) is 0 Å². The minimum Gasteiger partial charge on any atom is -0.489 e. The fourth-order valence-electron chi connectivity index (χ4n) is 2.00. The van der Waals surface area contributed by atoms with E-state index >= 15 is 0 Å². The molecule has 1 heterocycles. The third-order valence-electron chi connectivity index (χ3n) is 2.93. The van der Waals surface area contributed by atoms with Gasteiger partial charge in [0.15, 0.2) is 0 Å². The molecule has 4 heteroatoms. The zero-order chi connectivity index (χ0) is 12.3. The van der Waals surface area contributed by atoms with Crippen molar-refractivity contribution < 1.29 is 9.47 Å². The summed E-state index contributed by atoms with van der Waals surface area (Å²) in [7, 11) is 0. The standard InChI is InChI=1S/C13H16Br2O2/c1-9-5-6-11(17-9)8-16-13-10(7-14)3-2-4-12(13)15/h2-4,9,11H,5-8H2,1H3. The largest absolute Gasteiger partial charge is 0.489 e. The number of hydrogen-bond acceptors (Lipinski definition) is 2. The number of halogens is 2. The van der Waals surface area contributed by atoms with Crippen LogP contribution in [0.5, 0.6) is 5.75 Å². The average Bonchev–Trinajstić information content (AvgIpc) is 2.73. The first-order chi connectivity index (χ1) is 8.20. The first-order valence-electron chi connectivity index (χ1n) is 5.82. The molecule has 94 valence electrons. The second-order valence-corrected chi connectivity index (χ2v) is 5.73. The molecule has 2 unspecified atom stereocenters. The van der Waals surface area contributed by atoms with Gasteiger partial charge in [0.25, 0.3) is 0 Å². The molecule has 1 aromatic carbocycles. The van der Waals surface area contributed by atoms with E-state index < -0.39 is 0 Å². The molecule has 1 aromatic rings. The SMILES string of the molecule is CC1CCC(COc2c(Br)cccc2CBr)O1. The highest BCUT2D eigenvalue weighted by atomic mass is 79.9. The highest BCUT2D eigenvalue weighted by Gasteiger charge is 2.22. The third-order valence-corrected chi connectivity index (χ3v) is 4.15. The molecule has 1 aliphatic heterocycles. The number of ether oxygens (including phenoxy) is 2. The van der Waals surface area contributed by atoms with Crippen LogP contribution in [0.3, 0.4) is 0 Å². The first-order valence-corrected chi connectivity index (χ1v) is 7.73. The lowest BCUT2D eigenvalue weighted by Crippen LogP contribution is -2.18. The predicted molar refractivity (Wildman–Crippen MR) is 75.8 cm³/mol. The normalized spacial score (nSPS) is 23.9. The quantitative estimate of drug-likeness (QED) is 0.743. The highest BCUT2D eigenvalue weighted by molar-refractivity contribution is 9.10. The van der Waals surface area contributed by atoms with Crippen molar-refractivity contribution >= 4 is 31.9 Å². The van der Waals surface area contributed by atoms with E-state index in [1.54, 1.807) is 0 Å².